The van der Waals surface area contributed by atoms with E-state index in [1.165, 1.54) is 57.3 Å². The van der Waals surface area contributed by atoms with E-state index in [1.807, 2.05) is 7.05 Å². The molecule has 0 spiro atoms. The predicted octanol–water partition coefficient (Wildman–Crippen LogP) is 3.28. The molecule has 1 saturated carbocycles. The molecular weight excluding hydrogens is 423 g/mol. The van der Waals surface area contributed by atoms with Gasteiger partial charge in [0.1, 0.15) is 0 Å². The van der Waals surface area contributed by atoms with E-state index in [2.05, 4.69) is 50.9 Å². The zero-order chi connectivity index (χ0) is 16.6. The number of hydrogen-bond acceptors (Lipinski definition) is 2. The van der Waals surface area contributed by atoms with Gasteiger partial charge >= 0.3 is 0 Å². The Hall–Kier alpha value is -0.820. The molecule has 4 nitrogen and oxygen atoms in total. The molecule has 2 fully saturated rings. The minimum atomic E-state index is 0. The molecule has 140 valence electrons. The van der Waals surface area contributed by atoms with Gasteiger partial charge in [0.15, 0.2) is 5.96 Å². The van der Waals surface area contributed by atoms with Crippen LogP contribution in [0.1, 0.15) is 37.7 Å². The average molecular weight is 456 g/mol. The maximum absolute atomic E-state index is 4.39. The van der Waals surface area contributed by atoms with Gasteiger partial charge < -0.3 is 15.5 Å². The third-order valence-corrected chi connectivity index (χ3v) is 5.41. The lowest BCUT2D eigenvalue weighted by molar-refractivity contribution is 0.328. The Bertz CT molecular complexity index is 514. The highest BCUT2D eigenvalue weighted by Gasteiger charge is 2.22. The smallest absolute Gasteiger partial charge is 0.191 e. The van der Waals surface area contributed by atoms with E-state index >= 15 is 0 Å². The number of nitrogens with zero attached hydrogens (tertiary/aromatic N) is 2. The summed E-state index contributed by atoms with van der Waals surface area (Å²) in [6.45, 7) is 4.65. The molecule has 3 rings (SSSR count). The van der Waals surface area contributed by atoms with Gasteiger partial charge in [0, 0.05) is 32.7 Å². The molecule has 1 aromatic carbocycles. The Labute approximate surface area is 169 Å². The van der Waals surface area contributed by atoms with Crippen LogP contribution in [-0.2, 0) is 6.42 Å². The monoisotopic (exact) mass is 456 g/mol. The Kier molecular flexibility index (Phi) is 9.03. The summed E-state index contributed by atoms with van der Waals surface area (Å²) in [4.78, 5) is 6.99. The van der Waals surface area contributed by atoms with E-state index in [1.54, 1.807) is 0 Å². The SMILES string of the molecule is CN=C(NCC1CCN(CCc2ccccc2)C1)NC1CCCC1.I. The molecule has 1 aliphatic heterocycles. The second kappa shape index (κ2) is 11.0. The Morgan fingerprint density at radius 3 is 2.64 bits per heavy atom. The highest BCUT2D eigenvalue weighted by atomic mass is 127. The third kappa shape index (κ3) is 6.77. The van der Waals surface area contributed by atoms with Crippen LogP contribution in [0.5, 0.6) is 0 Å². The molecule has 2 N–H and O–H groups in total. The molecular formula is C20H33IN4. The van der Waals surface area contributed by atoms with Gasteiger partial charge in [-0.05, 0) is 43.7 Å². The van der Waals surface area contributed by atoms with E-state index in [9.17, 15) is 0 Å². The van der Waals surface area contributed by atoms with Gasteiger partial charge in [0.25, 0.3) is 0 Å². The van der Waals surface area contributed by atoms with E-state index in [-0.39, 0.29) is 24.0 Å². The van der Waals surface area contributed by atoms with Crippen LogP contribution in [0.2, 0.25) is 0 Å². The fraction of sp³-hybridized carbons (Fsp3) is 0.650. The van der Waals surface area contributed by atoms with Crippen LogP contribution >= 0.6 is 24.0 Å². The lowest BCUT2D eigenvalue weighted by atomic mass is 10.1. The fourth-order valence-corrected chi connectivity index (χ4v) is 3.91. The van der Waals surface area contributed by atoms with Gasteiger partial charge in [0.05, 0.1) is 0 Å². The average Bonchev–Trinajstić information content (AvgIpc) is 3.29. The Balaban J connectivity index is 0.00000225. The zero-order valence-electron chi connectivity index (χ0n) is 15.4. The van der Waals surface area contributed by atoms with Gasteiger partial charge in [-0.1, -0.05) is 43.2 Å². The van der Waals surface area contributed by atoms with E-state index in [4.69, 9.17) is 0 Å². The van der Waals surface area contributed by atoms with Crippen molar-refractivity contribution in [2.45, 2.75) is 44.6 Å². The Morgan fingerprint density at radius 2 is 1.92 bits per heavy atom. The van der Waals surface area contributed by atoms with Crippen LogP contribution in [0, 0.1) is 5.92 Å². The number of benzene rings is 1. The quantitative estimate of drug-likeness (QED) is 0.392. The van der Waals surface area contributed by atoms with Crippen molar-refractivity contribution in [3.63, 3.8) is 0 Å². The molecule has 5 heteroatoms. The molecule has 1 unspecified atom stereocenters. The molecule has 1 saturated heterocycles. The second-order valence-corrected chi connectivity index (χ2v) is 7.27. The molecule has 2 aliphatic rings. The minimum Gasteiger partial charge on any atom is -0.356 e. The van der Waals surface area contributed by atoms with Gasteiger partial charge in [-0.15, -0.1) is 24.0 Å². The number of likely N-dealkylation sites (tertiary alicyclic amines) is 1. The molecule has 0 amide bonds. The number of nitrogens with one attached hydrogen (secondary N) is 2. The third-order valence-electron chi connectivity index (χ3n) is 5.41. The molecule has 0 bridgehead atoms. The minimum absolute atomic E-state index is 0. The highest BCUT2D eigenvalue weighted by Crippen LogP contribution is 2.18. The van der Waals surface area contributed by atoms with Crippen molar-refractivity contribution in [1.29, 1.82) is 0 Å². The van der Waals surface area contributed by atoms with Gasteiger partial charge in [0.2, 0.25) is 0 Å². The fourth-order valence-electron chi connectivity index (χ4n) is 3.91. The number of halogens is 1. The molecule has 1 heterocycles. The van der Waals surface area contributed by atoms with Crippen LogP contribution in [0.3, 0.4) is 0 Å². The van der Waals surface area contributed by atoms with Crippen LogP contribution in [0.4, 0.5) is 0 Å². The van der Waals surface area contributed by atoms with Crippen molar-refractivity contribution in [3.05, 3.63) is 35.9 Å². The maximum Gasteiger partial charge on any atom is 0.191 e. The van der Waals surface area contributed by atoms with Crippen molar-refractivity contribution < 1.29 is 0 Å². The first-order valence-corrected chi connectivity index (χ1v) is 9.57. The lowest BCUT2D eigenvalue weighted by Crippen LogP contribution is -2.44. The zero-order valence-corrected chi connectivity index (χ0v) is 17.7. The number of rotatable bonds is 6. The van der Waals surface area contributed by atoms with Crippen molar-refractivity contribution in [2.75, 3.05) is 33.2 Å². The van der Waals surface area contributed by atoms with Crippen LogP contribution in [0.15, 0.2) is 35.3 Å². The summed E-state index contributed by atoms with van der Waals surface area (Å²) in [6.07, 6.45) is 7.74. The molecule has 0 radical (unpaired) electrons. The van der Waals surface area contributed by atoms with Gasteiger partial charge in [-0.2, -0.15) is 0 Å². The molecule has 1 aromatic rings. The predicted molar refractivity (Wildman–Crippen MR) is 117 cm³/mol. The van der Waals surface area contributed by atoms with Crippen LogP contribution in [0.25, 0.3) is 0 Å². The van der Waals surface area contributed by atoms with Gasteiger partial charge in [-0.3, -0.25) is 4.99 Å². The van der Waals surface area contributed by atoms with Crippen LogP contribution < -0.4 is 10.6 Å². The van der Waals surface area contributed by atoms with Crippen molar-refractivity contribution >= 4 is 29.9 Å². The van der Waals surface area contributed by atoms with E-state index < -0.39 is 0 Å². The normalized spacial score (nSPS) is 22.0. The summed E-state index contributed by atoms with van der Waals surface area (Å²) in [5.74, 6) is 1.73. The van der Waals surface area contributed by atoms with Gasteiger partial charge in [-0.25, -0.2) is 0 Å². The lowest BCUT2D eigenvalue weighted by Gasteiger charge is -2.19. The molecule has 1 aliphatic carbocycles. The standard InChI is InChI=1S/C20H32N4.HI/c1-21-20(23-19-9-5-6-10-19)22-15-18-12-14-24(16-18)13-11-17-7-3-2-4-8-17;/h2-4,7-8,18-19H,5-6,9-16H2,1H3,(H2,21,22,23);1H. The summed E-state index contributed by atoms with van der Waals surface area (Å²) in [7, 11) is 1.88. The number of aliphatic imine (C=N–C) groups is 1. The largest absolute Gasteiger partial charge is 0.356 e. The first kappa shape index (κ1) is 20.5. The molecule has 25 heavy (non-hydrogen) atoms. The maximum atomic E-state index is 4.39. The highest BCUT2D eigenvalue weighted by molar-refractivity contribution is 14.0. The van der Waals surface area contributed by atoms with E-state index in [0.717, 1.165) is 24.8 Å². The van der Waals surface area contributed by atoms with Crippen molar-refractivity contribution in [1.82, 2.24) is 15.5 Å². The Morgan fingerprint density at radius 1 is 1.16 bits per heavy atom. The molecule has 0 aromatic heterocycles. The summed E-state index contributed by atoms with van der Waals surface area (Å²) < 4.78 is 0. The summed E-state index contributed by atoms with van der Waals surface area (Å²) in [5, 5.41) is 7.12. The summed E-state index contributed by atoms with van der Waals surface area (Å²) in [5.41, 5.74) is 1.44. The number of guanidine groups is 1. The second-order valence-electron chi connectivity index (χ2n) is 7.27. The first-order chi connectivity index (χ1) is 11.8. The topological polar surface area (TPSA) is 39.7 Å². The molecule has 1 atom stereocenters. The summed E-state index contributed by atoms with van der Waals surface area (Å²) >= 11 is 0. The van der Waals surface area contributed by atoms with E-state index in [0.29, 0.717) is 6.04 Å². The van der Waals surface area contributed by atoms with Crippen molar-refractivity contribution in [3.8, 4) is 0 Å². The summed E-state index contributed by atoms with van der Waals surface area (Å²) in [6, 6.07) is 11.4. The number of hydrogen-bond donors (Lipinski definition) is 2. The van der Waals surface area contributed by atoms with Crippen molar-refractivity contribution in [2.24, 2.45) is 10.9 Å². The first-order valence-electron chi connectivity index (χ1n) is 9.57. The van der Waals surface area contributed by atoms with Crippen LogP contribution in [-0.4, -0.2) is 50.1 Å².